The Hall–Kier alpha value is -2.51. The van der Waals surface area contributed by atoms with Crippen molar-refractivity contribution in [3.63, 3.8) is 0 Å². The van der Waals surface area contributed by atoms with Crippen LogP contribution in [0.3, 0.4) is 0 Å². The van der Waals surface area contributed by atoms with E-state index >= 15 is 0 Å². The Morgan fingerprint density at radius 1 is 1.11 bits per heavy atom. The summed E-state index contributed by atoms with van der Waals surface area (Å²) in [7, 11) is -0.687. The molecule has 35 heavy (non-hydrogen) atoms. The second-order valence-electron chi connectivity index (χ2n) is 10.3. The van der Waals surface area contributed by atoms with Gasteiger partial charge in [-0.2, -0.15) is 0 Å². The Labute approximate surface area is 208 Å². The average Bonchev–Trinajstić information content (AvgIpc) is 3.14. The number of benzene rings is 1. The van der Waals surface area contributed by atoms with E-state index in [0.29, 0.717) is 11.7 Å². The number of halogens is 1. The highest BCUT2D eigenvalue weighted by Gasteiger charge is 2.29. The number of imidazole rings is 1. The highest BCUT2D eigenvalue weighted by molar-refractivity contribution is 7.85. The minimum absolute atomic E-state index is 0.177. The van der Waals surface area contributed by atoms with Gasteiger partial charge in [0.1, 0.15) is 11.4 Å². The average molecular weight is 494 g/mol. The number of aromatic hydroxyl groups is 1. The van der Waals surface area contributed by atoms with Crippen molar-refractivity contribution < 1.29 is 13.7 Å². The number of hydrogen-bond donors (Lipinski definition) is 1. The first-order chi connectivity index (χ1) is 17.1. The minimum atomic E-state index is -0.687. The van der Waals surface area contributed by atoms with Crippen LogP contribution in [-0.4, -0.2) is 54.9 Å². The normalized spacial score (nSPS) is 23.8. The molecule has 3 aromatic rings. The molecule has 2 aromatic heterocycles. The Kier molecular flexibility index (Phi) is 6.23. The third-order valence-corrected chi connectivity index (χ3v) is 9.27. The fraction of sp³-hybridized carbons (Fsp3) is 0.464. The fourth-order valence-corrected chi connectivity index (χ4v) is 7.39. The van der Waals surface area contributed by atoms with Crippen LogP contribution >= 0.6 is 0 Å². The molecule has 6 rings (SSSR count). The Morgan fingerprint density at radius 3 is 2.74 bits per heavy atom. The van der Waals surface area contributed by atoms with Crippen molar-refractivity contribution in [3.05, 3.63) is 70.7 Å². The standard InChI is InChI=1S/C28H32FN3O2S/c29-14-19-15-31(16-19)17-23-18-32-9-6-22(13-27(32)30-23)28-25(20-7-10-35(34)11-8-20)3-1-2-21-12-24(33)4-5-26(21)28/h4-6,9,12-13,18-20,33H,1-3,7-8,10-11,14-17H2. The molecule has 1 aromatic carbocycles. The summed E-state index contributed by atoms with van der Waals surface area (Å²) in [4.78, 5) is 7.15. The molecule has 0 unspecified atom stereocenters. The largest absolute Gasteiger partial charge is 0.508 e. The SMILES string of the molecule is O=S1CCC(C2=C(c3ccn4cc(CN5CC(CF)C5)nc4c3)c3ccc(O)cc3CCC2)CC1. The number of hydrogen-bond acceptors (Lipinski definition) is 4. The van der Waals surface area contributed by atoms with Gasteiger partial charge in [0, 0.05) is 60.3 Å². The summed E-state index contributed by atoms with van der Waals surface area (Å²) in [6, 6.07) is 10.1. The number of alkyl halides is 1. The van der Waals surface area contributed by atoms with E-state index in [1.165, 1.54) is 22.3 Å². The van der Waals surface area contributed by atoms with E-state index in [1.807, 2.05) is 6.07 Å². The first-order valence-electron chi connectivity index (χ1n) is 12.7. The highest BCUT2D eigenvalue weighted by Crippen LogP contribution is 2.42. The number of phenols is 1. The van der Waals surface area contributed by atoms with Gasteiger partial charge in [-0.3, -0.25) is 13.5 Å². The number of aromatic nitrogens is 2. The van der Waals surface area contributed by atoms with Gasteiger partial charge in [0.15, 0.2) is 0 Å². The van der Waals surface area contributed by atoms with Crippen LogP contribution in [0.5, 0.6) is 5.75 Å². The van der Waals surface area contributed by atoms with Crippen LogP contribution in [0.1, 0.15) is 48.1 Å². The maximum Gasteiger partial charge on any atom is 0.137 e. The lowest BCUT2D eigenvalue weighted by molar-refractivity contribution is 0.0727. The molecule has 7 heteroatoms. The number of aryl methyl sites for hydroxylation is 1. The summed E-state index contributed by atoms with van der Waals surface area (Å²) in [5.41, 5.74) is 8.23. The predicted octanol–water partition coefficient (Wildman–Crippen LogP) is 4.74. The number of pyridine rings is 1. The summed E-state index contributed by atoms with van der Waals surface area (Å²) >= 11 is 0. The monoisotopic (exact) mass is 493 g/mol. The van der Waals surface area contributed by atoms with Crippen LogP contribution in [0.2, 0.25) is 0 Å². The van der Waals surface area contributed by atoms with Crippen LogP contribution in [-0.2, 0) is 23.8 Å². The van der Waals surface area contributed by atoms with Crippen molar-refractivity contribution in [1.29, 1.82) is 0 Å². The molecule has 1 N–H and O–H groups in total. The van der Waals surface area contributed by atoms with Crippen LogP contribution in [0.15, 0.2) is 48.3 Å². The fourth-order valence-electron chi connectivity index (χ4n) is 6.09. The maximum absolute atomic E-state index is 12.8. The third-order valence-electron chi connectivity index (χ3n) is 7.89. The molecular weight excluding hydrogens is 461 g/mol. The molecule has 0 spiro atoms. The van der Waals surface area contributed by atoms with Gasteiger partial charge >= 0.3 is 0 Å². The first kappa shape index (κ1) is 22.9. The number of rotatable bonds is 5. The van der Waals surface area contributed by atoms with E-state index in [4.69, 9.17) is 4.98 Å². The van der Waals surface area contributed by atoms with Crippen LogP contribution < -0.4 is 0 Å². The van der Waals surface area contributed by atoms with E-state index in [9.17, 15) is 13.7 Å². The third kappa shape index (κ3) is 4.56. The zero-order valence-electron chi connectivity index (χ0n) is 20.0. The topological polar surface area (TPSA) is 57.8 Å². The van der Waals surface area contributed by atoms with Gasteiger partial charge in [-0.05, 0) is 84.6 Å². The summed E-state index contributed by atoms with van der Waals surface area (Å²) in [6.45, 7) is 2.13. The van der Waals surface area contributed by atoms with Crippen molar-refractivity contribution in [3.8, 4) is 5.75 Å². The van der Waals surface area contributed by atoms with Crippen LogP contribution in [0.25, 0.3) is 11.2 Å². The summed E-state index contributed by atoms with van der Waals surface area (Å²) in [5.74, 6) is 2.51. The number of nitrogens with zero attached hydrogens (tertiary/aromatic N) is 3. The van der Waals surface area contributed by atoms with E-state index in [0.717, 1.165) is 80.1 Å². The molecule has 3 aliphatic rings. The van der Waals surface area contributed by atoms with Crippen molar-refractivity contribution in [2.24, 2.45) is 11.8 Å². The van der Waals surface area contributed by atoms with Crippen molar-refractivity contribution in [2.75, 3.05) is 31.3 Å². The highest BCUT2D eigenvalue weighted by atomic mass is 32.2. The van der Waals surface area contributed by atoms with E-state index in [2.05, 4.69) is 39.9 Å². The molecule has 2 saturated heterocycles. The van der Waals surface area contributed by atoms with Gasteiger partial charge in [-0.15, -0.1) is 0 Å². The molecule has 4 heterocycles. The van der Waals surface area contributed by atoms with E-state index < -0.39 is 10.8 Å². The molecule has 2 fully saturated rings. The molecule has 0 saturated carbocycles. The molecule has 5 nitrogen and oxygen atoms in total. The minimum Gasteiger partial charge on any atom is -0.508 e. The zero-order valence-corrected chi connectivity index (χ0v) is 20.8. The van der Waals surface area contributed by atoms with Gasteiger partial charge in [0.2, 0.25) is 0 Å². The molecular formula is C28H32FN3O2S. The van der Waals surface area contributed by atoms with Gasteiger partial charge in [-0.1, -0.05) is 11.6 Å². The smallest absolute Gasteiger partial charge is 0.137 e. The molecule has 0 bridgehead atoms. The maximum atomic E-state index is 12.8. The molecule has 184 valence electrons. The first-order valence-corrected chi connectivity index (χ1v) is 14.2. The second kappa shape index (κ2) is 9.51. The Morgan fingerprint density at radius 2 is 1.94 bits per heavy atom. The summed E-state index contributed by atoms with van der Waals surface area (Å²) in [5, 5.41) is 10.2. The number of phenolic OH excluding ortho intramolecular Hbond substituents is 1. The van der Waals surface area contributed by atoms with Crippen molar-refractivity contribution in [2.45, 2.75) is 38.6 Å². The lowest BCUT2D eigenvalue weighted by Crippen LogP contribution is -2.46. The number of fused-ring (bicyclic) bond motifs is 2. The van der Waals surface area contributed by atoms with Crippen molar-refractivity contribution in [1.82, 2.24) is 14.3 Å². The van der Waals surface area contributed by atoms with Gasteiger partial charge < -0.3 is 9.51 Å². The van der Waals surface area contributed by atoms with E-state index in [-0.39, 0.29) is 12.6 Å². The second-order valence-corrected chi connectivity index (χ2v) is 12.0. The van der Waals surface area contributed by atoms with Gasteiger partial charge in [0.05, 0.1) is 12.4 Å². The van der Waals surface area contributed by atoms with Crippen LogP contribution in [0, 0.1) is 11.8 Å². The number of allylic oxidation sites excluding steroid dienone is 1. The lowest BCUT2D eigenvalue weighted by atomic mass is 9.82. The molecule has 2 aliphatic heterocycles. The Balaban J connectivity index is 1.40. The molecule has 0 atom stereocenters. The summed E-state index contributed by atoms with van der Waals surface area (Å²) in [6.07, 6.45) is 9.15. The van der Waals surface area contributed by atoms with Crippen LogP contribution in [0.4, 0.5) is 4.39 Å². The lowest BCUT2D eigenvalue weighted by Gasteiger charge is -2.37. The predicted molar refractivity (Wildman–Crippen MR) is 138 cm³/mol. The quantitative estimate of drug-likeness (QED) is 0.558. The van der Waals surface area contributed by atoms with Crippen molar-refractivity contribution >= 4 is 22.0 Å². The molecule has 0 amide bonds. The van der Waals surface area contributed by atoms with Gasteiger partial charge in [0.25, 0.3) is 0 Å². The number of likely N-dealkylation sites (tertiary alicyclic amines) is 1. The Bertz CT molecular complexity index is 1300. The molecule has 1 aliphatic carbocycles. The zero-order chi connectivity index (χ0) is 23.9. The molecule has 0 radical (unpaired) electrons. The van der Waals surface area contributed by atoms with E-state index in [1.54, 1.807) is 6.07 Å². The van der Waals surface area contributed by atoms with Gasteiger partial charge in [-0.25, -0.2) is 4.98 Å². The summed E-state index contributed by atoms with van der Waals surface area (Å²) < 4.78 is 26.9.